The van der Waals surface area contributed by atoms with Gasteiger partial charge in [-0.3, -0.25) is 4.79 Å². The number of para-hydroxylation sites is 2. The first-order valence-electron chi connectivity index (χ1n) is 48.1. The molecule has 0 aliphatic carbocycles. The fourth-order valence-electron chi connectivity index (χ4n) is 19.7. The summed E-state index contributed by atoms with van der Waals surface area (Å²) in [7, 11) is -3.29. The monoisotopic (exact) mass is 1930 g/mol. The summed E-state index contributed by atoms with van der Waals surface area (Å²) in [6.07, 6.45) is 13.0. The number of sulfone groups is 1. The molecule has 0 saturated heterocycles. The van der Waals surface area contributed by atoms with Gasteiger partial charge < -0.3 is 72.4 Å². The molecule has 0 spiro atoms. The number of benzene rings is 13. The minimum absolute atomic E-state index is 0.0248. The zero-order valence-electron chi connectivity index (χ0n) is 80.1. The lowest BCUT2D eigenvalue weighted by Crippen LogP contribution is -2.28. The summed E-state index contributed by atoms with van der Waals surface area (Å²) in [5.41, 5.74) is 35.2. The van der Waals surface area contributed by atoms with Crippen LogP contribution in [0.3, 0.4) is 0 Å². The molecular formula is C110H108B8FN5O14S3. The third kappa shape index (κ3) is 22.6. The maximum Gasteiger partial charge on any atom is 0.324 e. The average Bonchev–Trinajstić information content (AvgIpc) is 1.62. The van der Waals surface area contributed by atoms with Gasteiger partial charge in [-0.15, -0.1) is 11.8 Å². The van der Waals surface area contributed by atoms with Gasteiger partial charge in [0.15, 0.2) is 21.3 Å². The molecule has 0 bridgehead atoms. The molecule has 706 valence electrons. The van der Waals surface area contributed by atoms with Crippen molar-refractivity contribution in [3.63, 3.8) is 0 Å². The number of fused-ring (bicyclic) bond motifs is 12. The predicted octanol–water partition coefficient (Wildman–Crippen LogP) is 15.9. The van der Waals surface area contributed by atoms with Gasteiger partial charge in [0, 0.05) is 85.1 Å². The molecule has 6 N–H and O–H groups in total. The highest BCUT2D eigenvalue weighted by Gasteiger charge is 2.34. The van der Waals surface area contributed by atoms with Crippen LogP contribution < -0.4 is 58.9 Å². The number of thioether (sulfide) groups is 1. The fraction of sp³-hybridized carbons (Fsp3) is 0.218. The Labute approximate surface area is 835 Å². The van der Waals surface area contributed by atoms with Crippen LogP contribution in [0.5, 0.6) is 11.5 Å². The number of aliphatic hydroxyl groups is 1. The normalized spacial score (nSPS) is 14.3. The van der Waals surface area contributed by atoms with E-state index in [-0.39, 0.29) is 85.0 Å². The van der Waals surface area contributed by atoms with Gasteiger partial charge in [-0.05, 0) is 256 Å². The van der Waals surface area contributed by atoms with Crippen molar-refractivity contribution < 1.29 is 70.5 Å². The van der Waals surface area contributed by atoms with Crippen molar-refractivity contribution in [2.75, 3.05) is 18.3 Å². The molecule has 12 heterocycles. The van der Waals surface area contributed by atoms with Crippen LogP contribution in [0, 0.1) is 24.1 Å². The van der Waals surface area contributed by atoms with E-state index < -0.39 is 9.84 Å². The number of carbonyl (C=O) groups is 1. The second-order valence-electron chi connectivity index (χ2n) is 36.9. The Morgan fingerprint density at radius 3 is 1.53 bits per heavy atom. The van der Waals surface area contributed by atoms with Crippen molar-refractivity contribution in [3.05, 3.63) is 358 Å². The number of aryl methyl sites for hydroxylation is 4. The summed E-state index contributed by atoms with van der Waals surface area (Å²) in [5.74, 6) is 2.36. The van der Waals surface area contributed by atoms with E-state index in [0.29, 0.717) is 57.6 Å². The number of rotatable bonds is 14. The summed E-state index contributed by atoms with van der Waals surface area (Å²) in [5, 5.41) is 52.0. The molecule has 9 aliphatic heterocycles. The molecule has 3 aromatic heterocycles. The van der Waals surface area contributed by atoms with Gasteiger partial charge in [0.2, 0.25) is 6.79 Å². The molecule has 16 aromatic rings. The van der Waals surface area contributed by atoms with Gasteiger partial charge in [0.05, 0.1) is 78.6 Å². The van der Waals surface area contributed by atoms with Crippen LogP contribution in [0.1, 0.15) is 80.1 Å². The van der Waals surface area contributed by atoms with Gasteiger partial charge in [-0.1, -0.05) is 220 Å². The Balaban J connectivity index is 0.000000108. The molecule has 0 amide bonds. The number of carbonyl (C=O) groups excluding carboxylic acids is 1. The molecule has 0 saturated carbocycles. The lowest BCUT2D eigenvalue weighted by molar-refractivity contribution is -0.116. The number of Topliss-reactive ketones (excluding diaryl/α,β-unsaturated/α-hetero) is 1. The Morgan fingerprint density at radius 1 is 0.475 bits per heavy atom. The lowest BCUT2D eigenvalue weighted by Gasteiger charge is -2.09. The zero-order chi connectivity index (χ0) is 98.1. The number of aromatic nitrogens is 3. The van der Waals surface area contributed by atoms with Gasteiger partial charge in [-0.25, -0.2) is 12.8 Å². The van der Waals surface area contributed by atoms with Crippen LogP contribution in [0.2, 0.25) is 53.1 Å². The van der Waals surface area contributed by atoms with Gasteiger partial charge in [-0.2, -0.15) is 5.26 Å². The first-order valence-corrected chi connectivity index (χ1v) is 51.6. The van der Waals surface area contributed by atoms with Crippen molar-refractivity contribution >= 4 is 177 Å². The van der Waals surface area contributed by atoms with Crippen molar-refractivity contribution in [1.82, 2.24) is 13.7 Å². The molecule has 25 rings (SSSR count). The molecule has 31 heteroatoms. The van der Waals surface area contributed by atoms with E-state index in [1.807, 2.05) is 107 Å². The number of anilines is 1. The third-order valence-corrected chi connectivity index (χ3v) is 31.1. The minimum atomic E-state index is -3.29. The van der Waals surface area contributed by atoms with Crippen molar-refractivity contribution in [2.24, 2.45) is 0 Å². The molecule has 141 heavy (non-hydrogen) atoms. The highest BCUT2D eigenvalue weighted by molar-refractivity contribution is 7.99. The Morgan fingerprint density at radius 2 is 0.957 bits per heavy atom. The lowest BCUT2D eigenvalue weighted by atomic mass is 9.62. The summed E-state index contributed by atoms with van der Waals surface area (Å²) in [6, 6.07) is 91.1. The second-order valence-corrected chi connectivity index (χ2v) is 41.1. The van der Waals surface area contributed by atoms with Gasteiger partial charge in [0.25, 0.3) is 0 Å². The van der Waals surface area contributed by atoms with Crippen molar-refractivity contribution in [2.45, 2.75) is 164 Å². The highest BCUT2D eigenvalue weighted by atomic mass is 32.2. The molecule has 13 aromatic carbocycles. The molecule has 0 unspecified atom stereocenters. The van der Waals surface area contributed by atoms with E-state index in [2.05, 4.69) is 203 Å². The van der Waals surface area contributed by atoms with Crippen LogP contribution in [0.25, 0.3) is 49.8 Å². The van der Waals surface area contributed by atoms with E-state index in [9.17, 15) is 32.7 Å². The molecule has 19 nitrogen and oxygen atoms in total. The van der Waals surface area contributed by atoms with E-state index in [1.165, 1.54) is 103 Å². The number of nitrogens with two attached hydrogens (primary N) is 1. The number of nitrogen functional groups attached to an aromatic ring is 1. The second kappa shape index (κ2) is 44.5. The Kier molecular flexibility index (Phi) is 31.2. The summed E-state index contributed by atoms with van der Waals surface area (Å²) in [4.78, 5) is 15.0. The van der Waals surface area contributed by atoms with Crippen molar-refractivity contribution in [3.8, 4) is 34.6 Å². The fourth-order valence-corrected chi connectivity index (χ4v) is 23.0. The van der Waals surface area contributed by atoms with E-state index in [0.717, 1.165) is 133 Å². The number of ether oxygens (including phenoxy) is 2. The molecule has 0 radical (unpaired) electrons. The molecule has 9 aliphatic rings. The Bertz CT molecular complexity index is 7460. The highest BCUT2D eigenvalue weighted by Crippen LogP contribution is 2.39. The number of nitriles is 1. The maximum absolute atomic E-state index is 12.9. The van der Waals surface area contributed by atoms with Gasteiger partial charge >= 0.3 is 55.3 Å². The topological polar surface area (TPSA) is 261 Å². The standard InChI is InChI=1S/C22H18BNOS.C19H17BN2OS.C17H16BNO.C15H15BO3S.C11H13BO2.C9H9BO3.C9H11BO2.C8H9BFNO/c25-23-13-12-16-10-11-17(14-20(16)23)24-15-22(19-8-4-5-9-21(19)24)26-18-6-2-1-3-7-18;21-10-3-11-24-19-13-22(18-5-2-1-4-16(18)19)15-7-6-14-8-9-20(23)17(14)12-15;1-12-2-5-17-14(10-12)7-9-19(17)15-4-3-13-6-8-18(20)16(13)11-15;1-16-15-9-12(7-8-13(15)10-19-16)11-20(17,18)14-5-3-2-4-6-14;1-8(13)5-9-3-4-10-7-14-12(2)11(10)6-9;1-10-7-3-9-8(11-5-12-9)2-6(7)4-13-10;1-10-9-7(5-11)3-2-4-8(9)6-12-10;1-9-6-3-8(11)7(10)2-5(6)4-12-9/h1-11,14-15,25H,12-13H2;1-2,4-7,12-13,23H,3,8-9,11H2;2-5,7,9-11,20H,6,8H2,1H3;2-9H,10-11H2,1H3;3-4,6H,5,7H2,1-2H3;2-3H,4-5H2,1H3;2-4,11H,5-6H2,1H3;2-3H,4,11H2,1H3. The van der Waals surface area contributed by atoms with Crippen LogP contribution in [-0.4, -0.2) is 116 Å². The SMILES string of the molecule is CB1OCc2cc(F)c(N)cc21.CB1OCc2cc3c(cc21)OCO3.CB1OCc2ccc(CC(C)=O)cc21.CB1OCc2ccc(CS(=O)(=O)c3ccccc3)cc21.CB1OCc2cccc(CO)c21.Cc1ccc2c(ccn2-c2ccc3c(c2)B(O)CC3)c1.N#CCCSc1cn(-c2ccc3c(c2)B(O)CC3)c2ccccc12.OB1CCc2ccc(-n3cc(Sc4ccccc4)c4ccccc43)cc21. The van der Waals surface area contributed by atoms with Crippen LogP contribution in [0.4, 0.5) is 10.1 Å². The molecule has 0 atom stereocenters. The molecular weight excluding hydrogens is 1820 g/mol. The number of hydrogen-bond donors (Lipinski definition) is 5. The molecule has 0 fully saturated rings. The maximum atomic E-state index is 12.9. The van der Waals surface area contributed by atoms with Crippen LogP contribution in [0.15, 0.2) is 305 Å². The Hall–Kier alpha value is -12.2. The number of nitrogens with zero attached hydrogens (tertiary/aromatic N) is 4. The smallest absolute Gasteiger partial charge is 0.324 e. The van der Waals surface area contributed by atoms with E-state index in [1.54, 1.807) is 60.8 Å². The van der Waals surface area contributed by atoms with Crippen LogP contribution in [-0.2, 0) is 109 Å². The average molecular weight is 1930 g/mol. The number of halogens is 1. The zero-order valence-corrected chi connectivity index (χ0v) is 82.6. The van der Waals surface area contributed by atoms with Crippen molar-refractivity contribution in [1.29, 1.82) is 5.26 Å². The largest absolute Gasteiger partial charge is 0.454 e. The number of ketones is 1. The van der Waals surface area contributed by atoms with E-state index in [4.69, 9.17) is 48.8 Å². The minimum Gasteiger partial charge on any atom is -0.454 e. The quantitative estimate of drug-likeness (QED) is 0.0293. The first-order chi connectivity index (χ1) is 68.4. The van der Waals surface area contributed by atoms with Crippen LogP contribution >= 0.6 is 23.5 Å². The number of aliphatic hydroxyl groups excluding tert-OH is 1. The van der Waals surface area contributed by atoms with E-state index >= 15 is 0 Å². The summed E-state index contributed by atoms with van der Waals surface area (Å²) >= 11 is 3.51. The predicted molar refractivity (Wildman–Crippen MR) is 575 cm³/mol. The third-order valence-electron chi connectivity index (χ3n) is 27.3. The van der Waals surface area contributed by atoms with Gasteiger partial charge in [0.1, 0.15) is 11.6 Å². The first kappa shape index (κ1) is 98.9. The summed E-state index contributed by atoms with van der Waals surface area (Å²) < 4.78 is 82.1. The summed E-state index contributed by atoms with van der Waals surface area (Å²) in [6.45, 7) is 17.0. The number of hydrogen-bond acceptors (Lipinski definition) is 18.